The lowest BCUT2D eigenvalue weighted by molar-refractivity contribution is -0.133. The highest BCUT2D eigenvalue weighted by molar-refractivity contribution is 7.99. The van der Waals surface area contributed by atoms with Crippen molar-refractivity contribution in [3.8, 4) is 0 Å². The van der Waals surface area contributed by atoms with Gasteiger partial charge in [0.2, 0.25) is 10.0 Å². The van der Waals surface area contributed by atoms with Crippen molar-refractivity contribution in [2.75, 3.05) is 18.6 Å². The van der Waals surface area contributed by atoms with E-state index in [0.29, 0.717) is 24.7 Å². The van der Waals surface area contributed by atoms with Crippen molar-refractivity contribution in [2.24, 2.45) is 0 Å². The van der Waals surface area contributed by atoms with Gasteiger partial charge in [0.15, 0.2) is 5.16 Å². The van der Waals surface area contributed by atoms with Crippen molar-refractivity contribution < 1.29 is 18.3 Å². The summed E-state index contributed by atoms with van der Waals surface area (Å²) in [6.07, 6.45) is 3.49. The van der Waals surface area contributed by atoms with E-state index in [0.717, 1.165) is 11.9 Å². The van der Waals surface area contributed by atoms with Gasteiger partial charge < -0.3 is 9.67 Å². The first-order valence-corrected chi connectivity index (χ1v) is 9.43. The first-order chi connectivity index (χ1) is 9.70. The highest BCUT2D eigenvalue weighted by Gasteiger charge is 2.14. The Hall–Kier alpha value is -1.06. The van der Waals surface area contributed by atoms with E-state index in [-0.39, 0.29) is 11.7 Å². The van der Waals surface area contributed by atoms with Crippen molar-refractivity contribution in [2.45, 2.75) is 37.9 Å². The number of imidazole rings is 1. The minimum Gasteiger partial charge on any atom is -0.481 e. The Morgan fingerprint density at radius 2 is 2.19 bits per heavy atom. The zero-order valence-electron chi connectivity index (χ0n) is 12.4. The van der Waals surface area contributed by atoms with Gasteiger partial charge in [-0.25, -0.2) is 18.1 Å². The van der Waals surface area contributed by atoms with E-state index in [9.17, 15) is 13.2 Å². The van der Waals surface area contributed by atoms with Crippen LogP contribution in [0.3, 0.4) is 0 Å². The maximum atomic E-state index is 11.0. The first kappa shape index (κ1) is 18.0. The highest BCUT2D eigenvalue weighted by Crippen LogP contribution is 2.23. The van der Waals surface area contributed by atoms with Gasteiger partial charge in [-0.05, 0) is 12.3 Å². The molecular weight excluding hydrogens is 314 g/mol. The first-order valence-electron chi connectivity index (χ1n) is 6.55. The molecule has 0 aliphatic heterocycles. The Morgan fingerprint density at radius 1 is 1.52 bits per heavy atom. The molecule has 0 amide bonds. The van der Waals surface area contributed by atoms with Crippen LogP contribution < -0.4 is 4.72 Å². The molecule has 0 saturated carbocycles. The summed E-state index contributed by atoms with van der Waals surface area (Å²) < 4.78 is 26.4. The fourth-order valence-corrected chi connectivity index (χ4v) is 3.04. The van der Waals surface area contributed by atoms with Crippen molar-refractivity contribution >= 4 is 27.8 Å². The molecule has 0 spiro atoms. The normalized spacial score (nSPS) is 12.0. The van der Waals surface area contributed by atoms with Crippen molar-refractivity contribution in [1.82, 2.24) is 14.3 Å². The zero-order chi connectivity index (χ0) is 16.0. The summed E-state index contributed by atoms with van der Waals surface area (Å²) >= 11 is 1.17. The molecule has 7 nitrogen and oxygen atoms in total. The van der Waals surface area contributed by atoms with Crippen LogP contribution in [-0.4, -0.2) is 47.6 Å². The Kier molecular flexibility index (Phi) is 6.69. The van der Waals surface area contributed by atoms with Crippen LogP contribution in [-0.2, 0) is 21.4 Å². The molecule has 0 fully saturated rings. The molecular formula is C12H21N3O4S2. The topological polar surface area (TPSA) is 101 Å². The summed E-state index contributed by atoms with van der Waals surface area (Å²) in [6, 6.07) is 0. The number of nitrogens with zero attached hydrogens (tertiary/aromatic N) is 2. The van der Waals surface area contributed by atoms with E-state index >= 15 is 0 Å². The van der Waals surface area contributed by atoms with E-state index in [1.165, 1.54) is 11.8 Å². The number of carboxylic acids is 1. The molecule has 9 heteroatoms. The third-order valence-electron chi connectivity index (χ3n) is 2.69. The number of aromatic nitrogens is 2. The zero-order valence-corrected chi connectivity index (χ0v) is 14.0. The van der Waals surface area contributed by atoms with Crippen LogP contribution in [0.15, 0.2) is 11.4 Å². The largest absolute Gasteiger partial charge is 0.481 e. The third-order valence-corrected chi connectivity index (χ3v) is 4.39. The summed E-state index contributed by atoms with van der Waals surface area (Å²) in [5.74, 6) is -0.671. The van der Waals surface area contributed by atoms with E-state index in [2.05, 4.69) is 9.71 Å². The summed E-state index contributed by atoms with van der Waals surface area (Å²) in [7, 11) is -3.18. The van der Waals surface area contributed by atoms with Gasteiger partial charge in [-0.3, -0.25) is 4.79 Å². The van der Waals surface area contributed by atoms with Gasteiger partial charge in [-0.1, -0.05) is 25.6 Å². The second-order valence-electron chi connectivity index (χ2n) is 4.97. The van der Waals surface area contributed by atoms with Crippen molar-refractivity contribution in [3.63, 3.8) is 0 Å². The summed E-state index contributed by atoms with van der Waals surface area (Å²) in [4.78, 5) is 14.9. The van der Waals surface area contributed by atoms with Crippen LogP contribution in [0.5, 0.6) is 0 Å². The lowest BCUT2D eigenvalue weighted by Crippen LogP contribution is -2.24. The van der Waals surface area contributed by atoms with E-state index in [4.69, 9.17) is 5.11 Å². The molecule has 1 aromatic rings. The fraction of sp³-hybridized carbons (Fsp3) is 0.667. The monoisotopic (exact) mass is 335 g/mol. The molecule has 2 N–H and O–H groups in total. The number of nitrogens with one attached hydrogen (secondary N) is 1. The molecule has 1 heterocycles. The predicted octanol–water partition coefficient (Wildman–Crippen LogP) is 1.12. The third kappa shape index (κ3) is 6.49. The SMILES string of the molecule is CC(C)c1cnc(SCC(=O)O)n1CCCNS(C)(=O)=O. The molecule has 21 heavy (non-hydrogen) atoms. The summed E-state index contributed by atoms with van der Waals surface area (Å²) in [5.41, 5.74) is 1.02. The standard InChI is InChI=1S/C12H21N3O4S2/c1-9(2)10-7-13-12(20-8-11(16)17)15(10)6-4-5-14-21(3,18)19/h7,9,14H,4-6,8H2,1-3H3,(H,16,17). The van der Waals surface area contributed by atoms with Crippen LogP contribution in [0.2, 0.25) is 0 Å². The molecule has 0 aliphatic carbocycles. The molecule has 1 rings (SSSR count). The predicted molar refractivity (Wildman–Crippen MR) is 82.1 cm³/mol. The summed E-state index contributed by atoms with van der Waals surface area (Å²) in [5, 5.41) is 9.40. The molecule has 0 saturated heterocycles. The number of hydrogen-bond donors (Lipinski definition) is 2. The number of hydrogen-bond acceptors (Lipinski definition) is 5. The molecule has 1 aromatic heterocycles. The van der Waals surface area contributed by atoms with Gasteiger partial charge >= 0.3 is 5.97 Å². The average molecular weight is 335 g/mol. The van der Waals surface area contributed by atoms with Gasteiger partial charge in [0, 0.05) is 25.0 Å². The van der Waals surface area contributed by atoms with E-state index < -0.39 is 16.0 Å². The Labute approximate surface area is 129 Å². The number of thioether (sulfide) groups is 1. The Balaban J connectivity index is 2.72. The van der Waals surface area contributed by atoms with Crippen molar-refractivity contribution in [1.29, 1.82) is 0 Å². The lowest BCUT2D eigenvalue weighted by Gasteiger charge is -2.13. The fourth-order valence-electron chi connectivity index (χ4n) is 1.79. The molecule has 0 atom stereocenters. The smallest absolute Gasteiger partial charge is 0.313 e. The maximum absolute atomic E-state index is 11.0. The van der Waals surface area contributed by atoms with Gasteiger partial charge in [-0.15, -0.1) is 0 Å². The van der Waals surface area contributed by atoms with Crippen LogP contribution >= 0.6 is 11.8 Å². The number of aliphatic carboxylic acids is 1. The minimum atomic E-state index is -3.18. The van der Waals surface area contributed by atoms with Gasteiger partial charge in [-0.2, -0.15) is 0 Å². The van der Waals surface area contributed by atoms with Crippen LogP contribution in [0.1, 0.15) is 31.9 Å². The van der Waals surface area contributed by atoms with Crippen molar-refractivity contribution in [3.05, 3.63) is 11.9 Å². The quantitative estimate of drug-likeness (QED) is 0.518. The number of rotatable bonds is 9. The van der Waals surface area contributed by atoms with Gasteiger partial charge in [0.1, 0.15) is 0 Å². The highest BCUT2D eigenvalue weighted by atomic mass is 32.2. The van der Waals surface area contributed by atoms with Gasteiger partial charge in [0.25, 0.3) is 0 Å². The molecule has 0 aromatic carbocycles. The molecule has 0 aliphatic rings. The summed E-state index contributed by atoms with van der Waals surface area (Å²) in [6.45, 7) is 5.01. The lowest BCUT2D eigenvalue weighted by atomic mass is 10.1. The average Bonchev–Trinajstić information content (AvgIpc) is 2.74. The molecule has 0 radical (unpaired) electrons. The second kappa shape index (κ2) is 7.81. The molecule has 0 bridgehead atoms. The Morgan fingerprint density at radius 3 is 2.71 bits per heavy atom. The second-order valence-corrected chi connectivity index (χ2v) is 7.75. The van der Waals surface area contributed by atoms with E-state index in [1.54, 1.807) is 6.20 Å². The number of sulfonamides is 1. The van der Waals surface area contributed by atoms with Gasteiger partial charge in [0.05, 0.1) is 12.0 Å². The van der Waals surface area contributed by atoms with E-state index in [1.807, 2.05) is 18.4 Å². The Bertz CT molecular complexity index is 581. The molecule has 0 unspecified atom stereocenters. The maximum Gasteiger partial charge on any atom is 0.313 e. The number of carboxylic acid groups (broad SMARTS) is 1. The van der Waals surface area contributed by atoms with Crippen LogP contribution in [0.25, 0.3) is 0 Å². The van der Waals surface area contributed by atoms with Crippen LogP contribution in [0, 0.1) is 0 Å². The molecule has 120 valence electrons. The number of carbonyl (C=O) groups is 1. The minimum absolute atomic E-state index is 0.0455. The van der Waals surface area contributed by atoms with Crippen LogP contribution in [0.4, 0.5) is 0 Å².